The van der Waals surface area contributed by atoms with Gasteiger partial charge in [0, 0.05) is 19.9 Å². The molecule has 2 aromatic carbocycles. The van der Waals surface area contributed by atoms with Crippen LogP contribution in [0.1, 0.15) is 29.8 Å². The third-order valence-electron chi connectivity index (χ3n) is 3.56. The predicted octanol–water partition coefficient (Wildman–Crippen LogP) is 2.57. The van der Waals surface area contributed by atoms with Crippen LogP contribution in [-0.2, 0) is 23.9 Å². The van der Waals surface area contributed by atoms with Crippen LogP contribution in [0.4, 0.5) is 0 Å². The third-order valence-corrected chi connectivity index (χ3v) is 3.56. The summed E-state index contributed by atoms with van der Waals surface area (Å²) < 4.78 is 19.1. The minimum atomic E-state index is -1.23. The van der Waals surface area contributed by atoms with Crippen molar-refractivity contribution in [1.29, 1.82) is 0 Å². The lowest BCUT2D eigenvalue weighted by Gasteiger charge is -2.08. The first-order chi connectivity index (χ1) is 16.0. The molecule has 11 heteroatoms. The first-order valence-corrected chi connectivity index (χ1v) is 9.47. The molecule has 0 atom stereocenters. The minimum absolute atomic E-state index is 0.0160. The van der Waals surface area contributed by atoms with Crippen molar-refractivity contribution in [2.75, 3.05) is 13.7 Å². The molecule has 0 saturated heterocycles. The van der Waals surface area contributed by atoms with Gasteiger partial charge in [0.05, 0.1) is 7.11 Å². The topological polar surface area (TPSA) is 163 Å². The predicted molar refractivity (Wildman–Crippen MR) is 117 cm³/mol. The lowest BCUT2D eigenvalue weighted by Crippen LogP contribution is -2.10. The number of carbonyl (C=O) groups is 5. The summed E-state index contributed by atoms with van der Waals surface area (Å²) >= 11 is 0. The Morgan fingerprint density at radius 1 is 0.853 bits per heavy atom. The van der Waals surface area contributed by atoms with Crippen LogP contribution in [0.25, 0.3) is 6.08 Å². The Morgan fingerprint density at radius 2 is 1.47 bits per heavy atom. The Bertz CT molecular complexity index is 1090. The van der Waals surface area contributed by atoms with E-state index in [1.165, 1.54) is 45.2 Å². The summed E-state index contributed by atoms with van der Waals surface area (Å²) in [6.45, 7) is 1.79. The quantitative estimate of drug-likeness (QED) is 0.328. The zero-order valence-corrected chi connectivity index (χ0v) is 18.5. The summed E-state index contributed by atoms with van der Waals surface area (Å²) in [5, 5.41) is 17.0. The van der Waals surface area contributed by atoms with Gasteiger partial charge in [-0.15, -0.1) is 0 Å². The number of aromatic carboxylic acids is 1. The second-order valence-electron chi connectivity index (χ2n) is 6.23. The van der Waals surface area contributed by atoms with Crippen molar-refractivity contribution in [1.82, 2.24) is 0 Å². The summed E-state index contributed by atoms with van der Waals surface area (Å²) in [5.41, 5.74) is 0.577. The molecule has 180 valence electrons. The molecule has 11 nitrogen and oxygen atoms in total. The fraction of sp³-hybridized carbons (Fsp3) is 0.174. The number of hydrogen-bond donors (Lipinski definition) is 2. The van der Waals surface area contributed by atoms with E-state index < -0.39 is 36.5 Å². The van der Waals surface area contributed by atoms with Crippen molar-refractivity contribution in [3.63, 3.8) is 0 Å². The van der Waals surface area contributed by atoms with Gasteiger partial charge in [-0.25, -0.2) is 14.4 Å². The highest BCUT2D eigenvalue weighted by molar-refractivity contribution is 5.91. The van der Waals surface area contributed by atoms with Gasteiger partial charge in [-0.1, -0.05) is 18.2 Å². The molecule has 0 aliphatic carbocycles. The zero-order valence-electron chi connectivity index (χ0n) is 18.5. The lowest BCUT2D eigenvalue weighted by atomic mass is 10.2. The van der Waals surface area contributed by atoms with Crippen LogP contribution in [0.15, 0.2) is 48.5 Å². The molecule has 0 aliphatic heterocycles. The van der Waals surface area contributed by atoms with Gasteiger partial charge < -0.3 is 29.2 Å². The van der Waals surface area contributed by atoms with Crippen molar-refractivity contribution in [2.45, 2.75) is 13.8 Å². The molecule has 0 spiro atoms. The number of benzene rings is 2. The first-order valence-electron chi connectivity index (χ1n) is 9.47. The molecule has 34 heavy (non-hydrogen) atoms. The van der Waals surface area contributed by atoms with Gasteiger partial charge in [-0.2, -0.15) is 0 Å². The molecule has 0 fully saturated rings. The van der Waals surface area contributed by atoms with Crippen molar-refractivity contribution < 1.29 is 53.1 Å². The number of hydrogen-bond acceptors (Lipinski definition) is 9. The fourth-order valence-corrected chi connectivity index (χ4v) is 2.26. The van der Waals surface area contributed by atoms with E-state index >= 15 is 0 Å². The van der Waals surface area contributed by atoms with E-state index in [0.29, 0.717) is 11.3 Å². The second kappa shape index (κ2) is 13.7. The summed E-state index contributed by atoms with van der Waals surface area (Å²) in [5.74, 6) is -3.48. The number of rotatable bonds is 8. The Morgan fingerprint density at radius 3 is 2.03 bits per heavy atom. The molecular weight excluding hydrogens is 452 g/mol. The van der Waals surface area contributed by atoms with Gasteiger partial charge in [0.25, 0.3) is 0 Å². The van der Waals surface area contributed by atoms with Crippen LogP contribution >= 0.6 is 0 Å². The van der Waals surface area contributed by atoms with Gasteiger partial charge >= 0.3 is 29.8 Å². The van der Waals surface area contributed by atoms with Crippen molar-refractivity contribution in [3.8, 4) is 17.2 Å². The highest BCUT2D eigenvalue weighted by atomic mass is 16.6. The van der Waals surface area contributed by atoms with E-state index in [0.717, 1.165) is 6.08 Å². The maximum absolute atomic E-state index is 11.2. The zero-order chi connectivity index (χ0) is 25.7. The van der Waals surface area contributed by atoms with Crippen LogP contribution in [0, 0.1) is 0 Å². The highest BCUT2D eigenvalue weighted by Gasteiger charge is 2.11. The van der Waals surface area contributed by atoms with Crippen molar-refractivity contribution >= 4 is 35.9 Å². The van der Waals surface area contributed by atoms with Crippen LogP contribution < -0.4 is 14.2 Å². The summed E-state index contributed by atoms with van der Waals surface area (Å²) in [6, 6.07) is 10.6. The highest BCUT2D eigenvalue weighted by Crippen LogP contribution is 2.28. The Balaban J connectivity index is 0.000000380. The molecule has 0 amide bonds. The number of esters is 3. The summed E-state index contributed by atoms with van der Waals surface area (Å²) in [6.07, 6.45) is 2.51. The summed E-state index contributed by atoms with van der Waals surface area (Å²) in [4.78, 5) is 53.5. The van der Waals surface area contributed by atoms with Crippen LogP contribution in [0.3, 0.4) is 0 Å². The molecule has 0 bridgehead atoms. The number of carboxylic acids is 2. The number of carbonyl (C=O) groups excluding carboxylic acids is 3. The maximum Gasteiger partial charge on any atom is 0.341 e. The molecule has 2 rings (SSSR count). The molecule has 2 N–H and O–H groups in total. The first kappa shape index (κ1) is 27.4. The van der Waals surface area contributed by atoms with Gasteiger partial charge in [0.1, 0.15) is 11.3 Å². The van der Waals surface area contributed by atoms with E-state index in [4.69, 9.17) is 19.7 Å². The van der Waals surface area contributed by atoms with E-state index in [1.807, 2.05) is 0 Å². The van der Waals surface area contributed by atoms with Gasteiger partial charge in [0.15, 0.2) is 18.1 Å². The number of aliphatic carboxylic acids is 1. The number of methoxy groups -OCH3 is 1. The molecule has 0 aromatic heterocycles. The van der Waals surface area contributed by atoms with E-state index in [2.05, 4.69) is 9.47 Å². The Kier molecular flexibility index (Phi) is 11.0. The van der Waals surface area contributed by atoms with Crippen LogP contribution in [0.5, 0.6) is 17.2 Å². The molecular formula is C23H22O11. The van der Waals surface area contributed by atoms with Crippen molar-refractivity contribution in [3.05, 3.63) is 59.7 Å². The van der Waals surface area contributed by atoms with Gasteiger partial charge in [0.2, 0.25) is 0 Å². The smallest absolute Gasteiger partial charge is 0.341 e. The van der Waals surface area contributed by atoms with E-state index in [-0.39, 0.29) is 17.1 Å². The SMILES string of the molecule is CC(=O)Oc1ccccc1C(=O)O.COc1cc(C=CC(=O)OCC(=O)O)ccc1OC(C)=O. The lowest BCUT2D eigenvalue weighted by molar-refractivity contribution is -0.151. The van der Waals surface area contributed by atoms with E-state index in [1.54, 1.807) is 24.3 Å². The fourth-order valence-electron chi connectivity index (χ4n) is 2.26. The monoisotopic (exact) mass is 474 g/mol. The van der Waals surface area contributed by atoms with Crippen LogP contribution in [0.2, 0.25) is 0 Å². The number of carboxylic acid groups (broad SMARTS) is 2. The average molecular weight is 474 g/mol. The second-order valence-corrected chi connectivity index (χ2v) is 6.23. The van der Waals surface area contributed by atoms with E-state index in [9.17, 15) is 24.0 Å². The van der Waals surface area contributed by atoms with Crippen LogP contribution in [-0.4, -0.2) is 53.8 Å². The maximum atomic E-state index is 11.2. The molecule has 0 unspecified atom stereocenters. The molecule has 0 heterocycles. The number of ether oxygens (including phenoxy) is 4. The minimum Gasteiger partial charge on any atom is -0.493 e. The number of para-hydroxylation sites is 1. The molecule has 0 radical (unpaired) electrons. The third kappa shape index (κ3) is 10.1. The summed E-state index contributed by atoms with van der Waals surface area (Å²) in [7, 11) is 1.41. The van der Waals surface area contributed by atoms with Crippen molar-refractivity contribution in [2.24, 2.45) is 0 Å². The standard InChI is InChI=1S/C14H14O7.C9H8O4/c1-9(15)21-11-5-3-10(7-12(11)19-2)4-6-14(18)20-8-13(16)17;1-6(10)13-8-5-3-2-4-7(8)9(11)12/h3-7H,8H2,1-2H3,(H,16,17);2-5H,1H3,(H,11,12). The molecule has 2 aromatic rings. The molecule has 0 saturated carbocycles. The largest absolute Gasteiger partial charge is 0.493 e. The van der Waals surface area contributed by atoms with Gasteiger partial charge in [-0.05, 0) is 35.9 Å². The normalized spacial score (nSPS) is 9.85. The average Bonchev–Trinajstić information content (AvgIpc) is 2.76. The Labute approximate surface area is 194 Å². The van der Waals surface area contributed by atoms with Gasteiger partial charge in [-0.3, -0.25) is 9.59 Å². The molecule has 0 aliphatic rings. The Hall–Kier alpha value is -4.67.